The first-order valence-corrected chi connectivity index (χ1v) is 9.27. The third-order valence-electron chi connectivity index (χ3n) is 5.11. The zero-order chi connectivity index (χ0) is 18.8. The molecule has 0 unspecified atom stereocenters. The van der Waals surface area contributed by atoms with Gasteiger partial charge in [-0.15, -0.1) is 0 Å². The highest BCUT2D eigenvalue weighted by atomic mass is 16.5. The average Bonchev–Trinajstić information content (AvgIpc) is 3.28. The molecule has 1 aliphatic heterocycles. The molecule has 1 aromatic heterocycles. The third-order valence-corrected chi connectivity index (χ3v) is 5.11. The number of nitrogens with zero attached hydrogens (tertiary/aromatic N) is 2. The van der Waals surface area contributed by atoms with Crippen molar-refractivity contribution < 1.29 is 14.1 Å². The molecule has 0 bridgehead atoms. The molecule has 0 spiro atoms. The van der Waals surface area contributed by atoms with E-state index in [1.165, 1.54) is 5.82 Å². The standard InChI is InChI=1S/C22H23N3O2/c1-16-6-3-4-7-19(16)23-21(26)15-24-14-20(25-13-5-8-22(24)25)17-9-11-18(27-2)12-10-17/h3-4,6-7,9-12,14H,5,8,13,15H2,1-2H3/p+1. The molecule has 1 N–H and O–H groups in total. The Kier molecular flexibility index (Phi) is 4.67. The Morgan fingerprint density at radius 2 is 1.96 bits per heavy atom. The van der Waals surface area contributed by atoms with Gasteiger partial charge < -0.3 is 10.1 Å². The maximum absolute atomic E-state index is 12.6. The minimum Gasteiger partial charge on any atom is -0.497 e. The number of para-hydroxylation sites is 1. The van der Waals surface area contributed by atoms with E-state index in [1.54, 1.807) is 7.11 Å². The Hall–Kier alpha value is -3.08. The SMILES string of the molecule is COc1ccc(-c2c[n+](CC(=O)Nc3ccccc3C)c3n2CCC3)cc1. The van der Waals surface area contributed by atoms with E-state index in [4.69, 9.17) is 4.74 Å². The molecular weight excluding hydrogens is 338 g/mol. The van der Waals surface area contributed by atoms with Gasteiger partial charge >= 0.3 is 0 Å². The molecule has 27 heavy (non-hydrogen) atoms. The monoisotopic (exact) mass is 362 g/mol. The highest BCUT2D eigenvalue weighted by Gasteiger charge is 2.29. The molecular formula is C22H24N3O2+. The molecule has 0 radical (unpaired) electrons. The summed E-state index contributed by atoms with van der Waals surface area (Å²) in [5, 5.41) is 3.03. The van der Waals surface area contributed by atoms with Crippen molar-refractivity contribution in [1.29, 1.82) is 0 Å². The zero-order valence-corrected chi connectivity index (χ0v) is 15.7. The summed E-state index contributed by atoms with van der Waals surface area (Å²) >= 11 is 0. The van der Waals surface area contributed by atoms with Crippen molar-refractivity contribution in [1.82, 2.24) is 4.57 Å². The number of carbonyl (C=O) groups is 1. The van der Waals surface area contributed by atoms with Crippen LogP contribution in [0.5, 0.6) is 5.75 Å². The first-order chi connectivity index (χ1) is 13.2. The van der Waals surface area contributed by atoms with E-state index in [0.717, 1.165) is 47.6 Å². The Morgan fingerprint density at radius 3 is 2.70 bits per heavy atom. The predicted molar refractivity (Wildman–Crippen MR) is 105 cm³/mol. The fourth-order valence-corrected chi connectivity index (χ4v) is 3.70. The second kappa shape index (κ2) is 7.27. The van der Waals surface area contributed by atoms with Gasteiger partial charge in [-0.1, -0.05) is 18.2 Å². The summed E-state index contributed by atoms with van der Waals surface area (Å²) in [7, 11) is 1.67. The molecule has 4 rings (SSSR count). The second-order valence-electron chi connectivity index (χ2n) is 6.91. The minimum atomic E-state index is -0.00381. The molecule has 0 fully saturated rings. The maximum atomic E-state index is 12.6. The van der Waals surface area contributed by atoms with Crippen LogP contribution in [0.2, 0.25) is 0 Å². The van der Waals surface area contributed by atoms with E-state index in [0.29, 0.717) is 6.54 Å². The van der Waals surface area contributed by atoms with E-state index in [-0.39, 0.29) is 5.91 Å². The fourth-order valence-electron chi connectivity index (χ4n) is 3.70. The Balaban J connectivity index is 1.58. The van der Waals surface area contributed by atoms with Crippen molar-refractivity contribution in [2.24, 2.45) is 0 Å². The van der Waals surface area contributed by atoms with Gasteiger partial charge in [-0.05, 0) is 49.2 Å². The van der Waals surface area contributed by atoms with Crippen LogP contribution in [-0.4, -0.2) is 17.6 Å². The van der Waals surface area contributed by atoms with Crippen LogP contribution in [0.25, 0.3) is 11.3 Å². The van der Waals surface area contributed by atoms with Gasteiger partial charge in [-0.25, -0.2) is 9.13 Å². The van der Waals surface area contributed by atoms with Gasteiger partial charge in [0.05, 0.1) is 20.1 Å². The van der Waals surface area contributed by atoms with Crippen molar-refractivity contribution in [3.63, 3.8) is 0 Å². The molecule has 2 aromatic carbocycles. The second-order valence-corrected chi connectivity index (χ2v) is 6.91. The summed E-state index contributed by atoms with van der Waals surface area (Å²) in [6.07, 6.45) is 4.19. The minimum absolute atomic E-state index is 0.00381. The summed E-state index contributed by atoms with van der Waals surface area (Å²) in [5.74, 6) is 2.05. The van der Waals surface area contributed by atoms with E-state index < -0.39 is 0 Å². The van der Waals surface area contributed by atoms with E-state index >= 15 is 0 Å². The van der Waals surface area contributed by atoms with Crippen molar-refractivity contribution in [2.75, 3.05) is 12.4 Å². The van der Waals surface area contributed by atoms with Crippen LogP contribution in [0.3, 0.4) is 0 Å². The number of fused-ring (bicyclic) bond motifs is 1. The Labute approximate surface area is 159 Å². The van der Waals surface area contributed by atoms with Gasteiger partial charge in [0.15, 0.2) is 12.2 Å². The first-order valence-electron chi connectivity index (χ1n) is 9.27. The average molecular weight is 362 g/mol. The summed E-state index contributed by atoms with van der Waals surface area (Å²) in [5.41, 5.74) is 4.22. The lowest BCUT2D eigenvalue weighted by Crippen LogP contribution is -2.42. The molecule has 0 aliphatic carbocycles. The van der Waals surface area contributed by atoms with Gasteiger partial charge in [-0.2, -0.15) is 0 Å². The number of nitrogens with one attached hydrogen (secondary N) is 1. The molecule has 2 heterocycles. The zero-order valence-electron chi connectivity index (χ0n) is 15.7. The van der Waals surface area contributed by atoms with Gasteiger partial charge in [0, 0.05) is 11.3 Å². The van der Waals surface area contributed by atoms with Crippen LogP contribution in [0.1, 0.15) is 17.8 Å². The number of hydrogen-bond acceptors (Lipinski definition) is 2. The molecule has 0 atom stereocenters. The largest absolute Gasteiger partial charge is 0.497 e. The lowest BCUT2D eigenvalue weighted by atomic mass is 10.1. The van der Waals surface area contributed by atoms with Crippen LogP contribution in [-0.2, 0) is 24.3 Å². The lowest BCUT2D eigenvalue weighted by Gasteiger charge is -2.07. The fraction of sp³-hybridized carbons (Fsp3) is 0.273. The lowest BCUT2D eigenvalue weighted by molar-refractivity contribution is -0.690. The molecule has 3 aromatic rings. The van der Waals surface area contributed by atoms with E-state index in [2.05, 4.69) is 32.8 Å². The molecule has 0 saturated carbocycles. The molecule has 0 saturated heterocycles. The summed E-state index contributed by atoms with van der Waals surface area (Å²) in [6, 6.07) is 15.9. The number of carbonyl (C=O) groups excluding carboxylic acids is 1. The number of aromatic nitrogens is 2. The molecule has 1 amide bonds. The number of hydrogen-bond donors (Lipinski definition) is 1. The van der Waals surface area contributed by atoms with Gasteiger partial charge in [-0.3, -0.25) is 4.79 Å². The highest BCUT2D eigenvalue weighted by Crippen LogP contribution is 2.26. The number of methoxy groups -OCH3 is 1. The number of amides is 1. The van der Waals surface area contributed by atoms with Crippen molar-refractivity contribution in [3.05, 3.63) is 66.1 Å². The number of anilines is 1. The summed E-state index contributed by atoms with van der Waals surface area (Å²) in [6.45, 7) is 3.31. The van der Waals surface area contributed by atoms with Crippen molar-refractivity contribution >= 4 is 11.6 Å². The van der Waals surface area contributed by atoms with Crippen LogP contribution in [0.15, 0.2) is 54.7 Å². The van der Waals surface area contributed by atoms with Crippen LogP contribution < -0.4 is 14.6 Å². The molecule has 138 valence electrons. The van der Waals surface area contributed by atoms with E-state index in [1.807, 2.05) is 43.3 Å². The molecule has 1 aliphatic rings. The number of aryl methyl sites for hydroxylation is 1. The first kappa shape index (κ1) is 17.3. The maximum Gasteiger partial charge on any atom is 0.266 e. The van der Waals surface area contributed by atoms with Gasteiger partial charge in [0.2, 0.25) is 0 Å². The number of rotatable bonds is 5. The summed E-state index contributed by atoms with van der Waals surface area (Å²) in [4.78, 5) is 12.6. The topological polar surface area (TPSA) is 47.1 Å². The van der Waals surface area contributed by atoms with Gasteiger partial charge in [0.1, 0.15) is 11.9 Å². The Bertz CT molecular complexity index is 974. The van der Waals surface area contributed by atoms with Crippen LogP contribution in [0, 0.1) is 6.92 Å². The summed E-state index contributed by atoms with van der Waals surface area (Å²) < 4.78 is 9.66. The number of benzene rings is 2. The van der Waals surface area contributed by atoms with Gasteiger partial charge in [0.25, 0.3) is 11.7 Å². The van der Waals surface area contributed by atoms with Crippen molar-refractivity contribution in [2.45, 2.75) is 32.9 Å². The smallest absolute Gasteiger partial charge is 0.266 e. The number of ether oxygens (including phenoxy) is 1. The van der Waals surface area contributed by atoms with Crippen LogP contribution in [0.4, 0.5) is 5.69 Å². The molecule has 5 nitrogen and oxygen atoms in total. The van der Waals surface area contributed by atoms with Crippen molar-refractivity contribution in [3.8, 4) is 17.0 Å². The van der Waals surface area contributed by atoms with Crippen LogP contribution >= 0.6 is 0 Å². The normalized spacial score (nSPS) is 12.7. The quantitative estimate of drug-likeness (QED) is 0.708. The highest BCUT2D eigenvalue weighted by molar-refractivity contribution is 5.90. The Morgan fingerprint density at radius 1 is 1.19 bits per heavy atom. The predicted octanol–water partition coefficient (Wildman–Crippen LogP) is 3.34. The van der Waals surface area contributed by atoms with E-state index in [9.17, 15) is 4.79 Å². The molecule has 5 heteroatoms. The number of imidazole rings is 1. The third kappa shape index (κ3) is 3.45.